The van der Waals surface area contributed by atoms with Crippen LogP contribution in [0, 0.1) is 0 Å². The van der Waals surface area contributed by atoms with Gasteiger partial charge >= 0.3 is 0 Å². The summed E-state index contributed by atoms with van der Waals surface area (Å²) in [6.45, 7) is 11.3. The molecule has 3 heterocycles. The maximum atomic E-state index is 13.7. The zero-order chi connectivity index (χ0) is 24.4. The van der Waals surface area contributed by atoms with Gasteiger partial charge in [0.2, 0.25) is 0 Å². The molecule has 0 aliphatic carbocycles. The summed E-state index contributed by atoms with van der Waals surface area (Å²) in [7, 11) is 0. The molecule has 1 aliphatic rings. The number of carbonyl (C=O) groups excluding carboxylic acids is 1. The second-order valence-corrected chi connectivity index (χ2v) is 9.23. The SMILES string of the molecule is CCN1CCN(c2ccccc2NC(=O)c2cc(-c3ccccc3)nc3c2cnn3C(C)C)CC1. The first-order valence-electron chi connectivity index (χ1n) is 12.4. The van der Waals surface area contributed by atoms with Crippen molar-refractivity contribution in [2.45, 2.75) is 26.8 Å². The van der Waals surface area contributed by atoms with Crippen molar-refractivity contribution in [1.29, 1.82) is 0 Å². The second-order valence-electron chi connectivity index (χ2n) is 9.23. The second kappa shape index (κ2) is 9.88. The minimum Gasteiger partial charge on any atom is -0.367 e. The molecule has 0 saturated carbocycles. The summed E-state index contributed by atoms with van der Waals surface area (Å²) in [5, 5.41) is 8.50. The van der Waals surface area contributed by atoms with Crippen molar-refractivity contribution in [3.63, 3.8) is 0 Å². The van der Waals surface area contributed by atoms with Gasteiger partial charge < -0.3 is 15.1 Å². The summed E-state index contributed by atoms with van der Waals surface area (Å²) in [5.74, 6) is -0.155. The Labute approximate surface area is 206 Å². The van der Waals surface area contributed by atoms with Crippen LogP contribution in [0.4, 0.5) is 11.4 Å². The molecule has 1 aliphatic heterocycles. The molecule has 1 fully saturated rings. The molecule has 180 valence electrons. The Bertz CT molecular complexity index is 1320. The quantitative estimate of drug-likeness (QED) is 0.428. The Morgan fingerprint density at radius 1 is 1.00 bits per heavy atom. The van der Waals surface area contributed by atoms with Gasteiger partial charge in [-0.15, -0.1) is 0 Å². The number of likely N-dealkylation sites (N-methyl/N-ethyl adjacent to an activating group) is 1. The number of fused-ring (bicyclic) bond motifs is 1. The maximum absolute atomic E-state index is 13.7. The van der Waals surface area contributed by atoms with Crippen LogP contribution in [0.15, 0.2) is 66.9 Å². The summed E-state index contributed by atoms with van der Waals surface area (Å²) < 4.78 is 1.87. The predicted molar refractivity (Wildman–Crippen MR) is 142 cm³/mol. The highest BCUT2D eigenvalue weighted by molar-refractivity contribution is 6.13. The number of aromatic nitrogens is 3. The van der Waals surface area contributed by atoms with E-state index in [1.54, 1.807) is 6.20 Å². The predicted octanol–water partition coefficient (Wildman–Crippen LogP) is 5.07. The Hall–Kier alpha value is -3.71. The zero-order valence-corrected chi connectivity index (χ0v) is 20.6. The number of nitrogens with zero attached hydrogens (tertiary/aromatic N) is 5. The summed E-state index contributed by atoms with van der Waals surface area (Å²) in [4.78, 5) is 23.4. The molecule has 1 saturated heterocycles. The lowest BCUT2D eigenvalue weighted by Gasteiger charge is -2.36. The molecule has 2 aromatic carbocycles. The molecule has 7 heteroatoms. The van der Waals surface area contributed by atoms with E-state index in [1.807, 2.05) is 59.3 Å². The fourth-order valence-corrected chi connectivity index (χ4v) is 4.69. The number of benzene rings is 2. The first kappa shape index (κ1) is 23.1. The highest BCUT2D eigenvalue weighted by Crippen LogP contribution is 2.30. The highest BCUT2D eigenvalue weighted by atomic mass is 16.1. The first-order valence-corrected chi connectivity index (χ1v) is 12.4. The zero-order valence-electron chi connectivity index (χ0n) is 20.6. The largest absolute Gasteiger partial charge is 0.367 e. The molecule has 4 aromatic rings. The normalized spacial score (nSPS) is 14.6. The number of amides is 1. The van der Waals surface area contributed by atoms with Crippen LogP contribution >= 0.6 is 0 Å². The molecule has 0 atom stereocenters. The number of hydrogen-bond acceptors (Lipinski definition) is 5. The van der Waals surface area contributed by atoms with Gasteiger partial charge in [-0.25, -0.2) is 9.67 Å². The van der Waals surface area contributed by atoms with Crippen LogP contribution in [0.1, 0.15) is 37.2 Å². The van der Waals surface area contributed by atoms with Crippen molar-refractivity contribution in [2.24, 2.45) is 0 Å². The Morgan fingerprint density at radius 3 is 2.43 bits per heavy atom. The molecule has 1 N–H and O–H groups in total. The van der Waals surface area contributed by atoms with E-state index >= 15 is 0 Å². The van der Waals surface area contributed by atoms with Gasteiger partial charge in [0.25, 0.3) is 5.91 Å². The lowest BCUT2D eigenvalue weighted by Crippen LogP contribution is -2.46. The average molecular weight is 469 g/mol. The summed E-state index contributed by atoms with van der Waals surface area (Å²) >= 11 is 0. The third-order valence-electron chi connectivity index (χ3n) is 6.68. The van der Waals surface area contributed by atoms with Gasteiger partial charge in [-0.2, -0.15) is 5.10 Å². The Morgan fingerprint density at radius 2 is 1.71 bits per heavy atom. The lowest BCUT2D eigenvalue weighted by molar-refractivity contribution is 0.102. The van der Waals surface area contributed by atoms with Gasteiger partial charge in [0, 0.05) is 37.8 Å². The van der Waals surface area contributed by atoms with Crippen molar-refractivity contribution >= 4 is 28.3 Å². The molecule has 2 aromatic heterocycles. The van der Waals surface area contributed by atoms with E-state index in [0.29, 0.717) is 5.56 Å². The topological polar surface area (TPSA) is 66.3 Å². The highest BCUT2D eigenvalue weighted by Gasteiger charge is 2.22. The van der Waals surface area contributed by atoms with Gasteiger partial charge in [0.05, 0.1) is 34.2 Å². The van der Waals surface area contributed by atoms with Crippen LogP contribution in [0.3, 0.4) is 0 Å². The van der Waals surface area contributed by atoms with E-state index in [4.69, 9.17) is 4.98 Å². The van der Waals surface area contributed by atoms with Crippen molar-refractivity contribution < 1.29 is 4.79 Å². The van der Waals surface area contributed by atoms with Gasteiger partial charge in [0.1, 0.15) is 0 Å². The minimum absolute atomic E-state index is 0.129. The molecule has 7 nitrogen and oxygen atoms in total. The average Bonchev–Trinajstić information content (AvgIpc) is 3.33. The summed E-state index contributed by atoms with van der Waals surface area (Å²) in [6, 6.07) is 20.0. The van der Waals surface area contributed by atoms with E-state index in [-0.39, 0.29) is 11.9 Å². The van der Waals surface area contributed by atoms with Crippen molar-refractivity contribution in [3.05, 3.63) is 72.4 Å². The van der Waals surface area contributed by atoms with Crippen molar-refractivity contribution in [3.8, 4) is 11.3 Å². The van der Waals surface area contributed by atoms with Crippen molar-refractivity contribution in [2.75, 3.05) is 42.9 Å². The van der Waals surface area contributed by atoms with Crippen LogP contribution in [0.5, 0.6) is 0 Å². The monoisotopic (exact) mass is 468 g/mol. The Balaban J connectivity index is 1.51. The molecular weight excluding hydrogens is 436 g/mol. The molecule has 5 rings (SSSR count). The number of piperazine rings is 1. The molecule has 0 spiro atoms. The number of rotatable bonds is 6. The van der Waals surface area contributed by atoms with Gasteiger partial charge in [-0.05, 0) is 38.6 Å². The molecule has 0 bridgehead atoms. The molecule has 1 amide bonds. The lowest BCUT2D eigenvalue weighted by atomic mass is 10.1. The fourth-order valence-electron chi connectivity index (χ4n) is 4.69. The third kappa shape index (κ3) is 4.64. The van der Waals surface area contributed by atoms with Gasteiger partial charge in [-0.3, -0.25) is 4.79 Å². The fraction of sp³-hybridized carbons (Fsp3) is 0.321. The summed E-state index contributed by atoms with van der Waals surface area (Å²) in [5.41, 5.74) is 4.90. The molecule has 35 heavy (non-hydrogen) atoms. The van der Waals surface area contributed by atoms with Crippen LogP contribution in [0.25, 0.3) is 22.3 Å². The van der Waals surface area contributed by atoms with E-state index in [0.717, 1.165) is 66.4 Å². The van der Waals surface area contributed by atoms with Crippen LogP contribution in [0.2, 0.25) is 0 Å². The van der Waals surface area contributed by atoms with E-state index in [9.17, 15) is 4.79 Å². The Kier molecular flexibility index (Phi) is 6.51. The number of para-hydroxylation sites is 2. The smallest absolute Gasteiger partial charge is 0.256 e. The third-order valence-corrected chi connectivity index (χ3v) is 6.68. The van der Waals surface area contributed by atoms with E-state index in [2.05, 4.69) is 47.1 Å². The van der Waals surface area contributed by atoms with Gasteiger partial charge in [-0.1, -0.05) is 49.4 Å². The maximum Gasteiger partial charge on any atom is 0.256 e. The van der Waals surface area contributed by atoms with Crippen molar-refractivity contribution in [1.82, 2.24) is 19.7 Å². The number of hydrogen-bond donors (Lipinski definition) is 1. The van der Waals surface area contributed by atoms with Crippen LogP contribution in [-0.4, -0.2) is 58.3 Å². The number of nitrogens with one attached hydrogen (secondary N) is 1. The minimum atomic E-state index is -0.155. The van der Waals surface area contributed by atoms with Crippen LogP contribution < -0.4 is 10.2 Å². The first-order chi connectivity index (χ1) is 17.0. The molecule has 0 radical (unpaired) electrons. The summed E-state index contributed by atoms with van der Waals surface area (Å²) in [6.07, 6.45) is 1.75. The number of pyridine rings is 1. The van der Waals surface area contributed by atoms with Crippen LogP contribution in [-0.2, 0) is 0 Å². The number of carbonyl (C=O) groups is 1. The van der Waals surface area contributed by atoms with E-state index < -0.39 is 0 Å². The number of anilines is 2. The van der Waals surface area contributed by atoms with E-state index in [1.165, 1.54) is 0 Å². The van der Waals surface area contributed by atoms with Gasteiger partial charge in [0.15, 0.2) is 5.65 Å². The molecule has 0 unspecified atom stereocenters. The molecular formula is C28H32N6O. The standard InChI is InChI=1S/C28H32N6O/c1-4-32-14-16-33(17-15-32)26-13-9-8-12-24(26)31-28(35)22-18-25(21-10-6-5-7-11-21)30-27-23(22)19-29-34(27)20(2)3/h5-13,18-20H,4,14-17H2,1-3H3,(H,31,35).